The Labute approximate surface area is 123 Å². The third kappa shape index (κ3) is 2.62. The van der Waals surface area contributed by atoms with E-state index in [9.17, 15) is 14.7 Å². The Hall–Kier alpha value is -2.02. The van der Waals surface area contributed by atoms with Crippen LogP contribution < -0.4 is 10.6 Å². The van der Waals surface area contributed by atoms with Gasteiger partial charge in [-0.05, 0) is 40.5 Å². The van der Waals surface area contributed by atoms with Crippen molar-refractivity contribution < 1.29 is 19.4 Å². The quantitative estimate of drug-likeness (QED) is 0.718. The van der Waals surface area contributed by atoms with Crippen molar-refractivity contribution in [1.29, 1.82) is 0 Å². The molecule has 2 rings (SSSR count). The molecule has 1 aliphatic rings. The number of rotatable bonds is 2. The summed E-state index contributed by atoms with van der Waals surface area (Å²) >= 11 is 3.21. The zero-order valence-corrected chi connectivity index (χ0v) is 12.4. The van der Waals surface area contributed by atoms with Gasteiger partial charge in [-0.3, -0.25) is 0 Å². The molecule has 1 aliphatic heterocycles. The van der Waals surface area contributed by atoms with Crippen LogP contribution in [0.2, 0.25) is 0 Å². The molecule has 0 saturated heterocycles. The summed E-state index contributed by atoms with van der Waals surface area (Å²) in [6.07, 6.45) is 0. The summed E-state index contributed by atoms with van der Waals surface area (Å²) in [6, 6.07) is 3.73. The first-order chi connectivity index (χ1) is 9.43. The van der Waals surface area contributed by atoms with Gasteiger partial charge < -0.3 is 20.5 Å². The first-order valence-corrected chi connectivity index (χ1v) is 6.58. The SMILES string of the molecule is COC(=O)C1=C(C)NC(=O)N[C@H]1c1ccc(O)c(Br)c1. The van der Waals surface area contributed by atoms with Gasteiger partial charge in [0.25, 0.3) is 0 Å². The Kier molecular flexibility index (Phi) is 3.99. The highest BCUT2D eigenvalue weighted by Gasteiger charge is 2.31. The predicted molar refractivity (Wildman–Crippen MR) is 74.9 cm³/mol. The van der Waals surface area contributed by atoms with Gasteiger partial charge in [0, 0.05) is 5.70 Å². The van der Waals surface area contributed by atoms with Gasteiger partial charge in [0.1, 0.15) is 5.75 Å². The number of nitrogens with one attached hydrogen (secondary N) is 2. The first-order valence-electron chi connectivity index (χ1n) is 5.79. The highest BCUT2D eigenvalue weighted by atomic mass is 79.9. The van der Waals surface area contributed by atoms with E-state index in [1.807, 2.05) is 0 Å². The van der Waals surface area contributed by atoms with Crippen LogP contribution in [0.1, 0.15) is 18.5 Å². The Morgan fingerprint density at radius 2 is 2.15 bits per heavy atom. The van der Waals surface area contributed by atoms with Crippen LogP contribution >= 0.6 is 15.9 Å². The molecule has 0 radical (unpaired) electrons. The van der Waals surface area contributed by atoms with E-state index in [-0.39, 0.29) is 5.75 Å². The molecule has 1 aromatic carbocycles. The molecule has 0 aliphatic carbocycles. The van der Waals surface area contributed by atoms with Crippen molar-refractivity contribution in [2.45, 2.75) is 13.0 Å². The number of halogens is 1. The number of esters is 1. The average Bonchev–Trinajstić information content (AvgIpc) is 2.40. The van der Waals surface area contributed by atoms with E-state index in [0.717, 1.165) is 0 Å². The molecule has 1 aromatic rings. The van der Waals surface area contributed by atoms with E-state index < -0.39 is 18.0 Å². The lowest BCUT2D eigenvalue weighted by atomic mass is 9.95. The summed E-state index contributed by atoms with van der Waals surface area (Å²) in [5.41, 5.74) is 1.42. The molecule has 1 atom stereocenters. The van der Waals surface area contributed by atoms with Gasteiger partial charge in [0.2, 0.25) is 0 Å². The fraction of sp³-hybridized carbons (Fsp3) is 0.231. The molecule has 3 N–H and O–H groups in total. The number of allylic oxidation sites excluding steroid dienone is 1. The zero-order valence-electron chi connectivity index (χ0n) is 10.9. The van der Waals surface area contributed by atoms with E-state index in [0.29, 0.717) is 21.3 Å². The molecule has 6 nitrogen and oxygen atoms in total. The van der Waals surface area contributed by atoms with Crippen molar-refractivity contribution in [3.63, 3.8) is 0 Å². The summed E-state index contributed by atoms with van der Waals surface area (Å²) in [5.74, 6) is -0.446. The molecular formula is C13H13BrN2O4. The maximum atomic E-state index is 11.9. The maximum Gasteiger partial charge on any atom is 0.337 e. The van der Waals surface area contributed by atoms with Crippen LogP contribution in [-0.4, -0.2) is 24.2 Å². The minimum absolute atomic E-state index is 0.0781. The normalized spacial score (nSPS) is 18.4. The molecule has 1 heterocycles. The third-order valence-electron chi connectivity index (χ3n) is 2.98. The lowest BCUT2D eigenvalue weighted by Crippen LogP contribution is -2.45. The lowest BCUT2D eigenvalue weighted by molar-refractivity contribution is -0.136. The van der Waals surface area contributed by atoms with Crippen LogP contribution in [-0.2, 0) is 9.53 Å². The average molecular weight is 341 g/mol. The number of hydrogen-bond donors (Lipinski definition) is 3. The third-order valence-corrected chi connectivity index (χ3v) is 3.61. The molecule has 0 spiro atoms. The molecule has 0 fully saturated rings. The van der Waals surface area contributed by atoms with Crippen molar-refractivity contribution in [3.05, 3.63) is 39.5 Å². The fourth-order valence-corrected chi connectivity index (χ4v) is 2.42. The van der Waals surface area contributed by atoms with Crippen LogP contribution in [0.25, 0.3) is 0 Å². The minimum Gasteiger partial charge on any atom is -0.507 e. The molecule has 7 heteroatoms. The van der Waals surface area contributed by atoms with E-state index in [2.05, 4.69) is 26.6 Å². The Morgan fingerprint density at radius 1 is 1.45 bits per heavy atom. The Morgan fingerprint density at radius 3 is 2.75 bits per heavy atom. The number of phenols is 1. The van der Waals surface area contributed by atoms with E-state index in [1.165, 1.54) is 13.2 Å². The van der Waals surface area contributed by atoms with Gasteiger partial charge >= 0.3 is 12.0 Å². The van der Waals surface area contributed by atoms with Gasteiger partial charge in [0.15, 0.2) is 0 Å². The van der Waals surface area contributed by atoms with Crippen molar-refractivity contribution in [1.82, 2.24) is 10.6 Å². The van der Waals surface area contributed by atoms with Gasteiger partial charge in [0.05, 0.1) is 23.2 Å². The number of carbonyl (C=O) groups excluding carboxylic acids is 2. The second-order valence-electron chi connectivity index (χ2n) is 4.27. The van der Waals surface area contributed by atoms with Crippen LogP contribution in [0.15, 0.2) is 33.9 Å². The van der Waals surface area contributed by atoms with Gasteiger partial charge in [-0.25, -0.2) is 9.59 Å². The number of aromatic hydroxyl groups is 1. The predicted octanol–water partition coefficient (Wildman–Crippen LogP) is 1.96. The standard InChI is InChI=1S/C13H13BrN2O4/c1-6-10(12(18)20-2)11(16-13(19)15-6)7-3-4-9(17)8(14)5-7/h3-5,11,17H,1-2H3,(H2,15,16,19)/t11-/m0/s1. The van der Waals surface area contributed by atoms with E-state index in [1.54, 1.807) is 19.1 Å². The molecule has 0 bridgehead atoms. The highest BCUT2D eigenvalue weighted by molar-refractivity contribution is 9.10. The summed E-state index contributed by atoms with van der Waals surface area (Å²) in [4.78, 5) is 23.5. The van der Waals surface area contributed by atoms with Gasteiger partial charge in [-0.1, -0.05) is 6.07 Å². The number of urea groups is 1. The number of carbonyl (C=O) groups is 2. The number of methoxy groups -OCH3 is 1. The zero-order chi connectivity index (χ0) is 14.9. The minimum atomic E-state index is -0.631. The second kappa shape index (κ2) is 5.54. The number of hydrogen-bond acceptors (Lipinski definition) is 4. The van der Waals surface area contributed by atoms with Crippen molar-refractivity contribution in [2.75, 3.05) is 7.11 Å². The van der Waals surface area contributed by atoms with Crippen LogP contribution in [0.4, 0.5) is 4.79 Å². The first kappa shape index (κ1) is 14.4. The van der Waals surface area contributed by atoms with Crippen LogP contribution in [0, 0.1) is 0 Å². The second-order valence-corrected chi connectivity index (χ2v) is 5.13. The van der Waals surface area contributed by atoms with E-state index >= 15 is 0 Å². The highest BCUT2D eigenvalue weighted by Crippen LogP contribution is 2.32. The van der Waals surface area contributed by atoms with Crippen LogP contribution in [0.5, 0.6) is 5.75 Å². The molecule has 0 saturated carbocycles. The number of benzene rings is 1. The smallest absolute Gasteiger partial charge is 0.337 e. The summed E-state index contributed by atoms with van der Waals surface area (Å²) in [5, 5.41) is 14.7. The summed E-state index contributed by atoms with van der Waals surface area (Å²) in [6.45, 7) is 1.63. The largest absolute Gasteiger partial charge is 0.507 e. The van der Waals surface area contributed by atoms with Crippen molar-refractivity contribution >= 4 is 27.9 Å². The summed E-state index contributed by atoms with van der Waals surface area (Å²) in [7, 11) is 1.28. The number of amides is 2. The Bertz CT molecular complexity index is 612. The molecule has 2 amide bonds. The topological polar surface area (TPSA) is 87.7 Å². The monoisotopic (exact) mass is 340 g/mol. The Balaban J connectivity index is 2.50. The molecule has 0 unspecified atom stereocenters. The fourth-order valence-electron chi connectivity index (χ4n) is 2.03. The maximum absolute atomic E-state index is 11.9. The number of phenolic OH excluding ortho intramolecular Hbond substituents is 1. The molecule has 20 heavy (non-hydrogen) atoms. The lowest BCUT2D eigenvalue weighted by Gasteiger charge is -2.28. The summed E-state index contributed by atoms with van der Waals surface area (Å²) < 4.78 is 5.23. The van der Waals surface area contributed by atoms with Gasteiger partial charge in [-0.15, -0.1) is 0 Å². The molecular weight excluding hydrogens is 328 g/mol. The number of ether oxygens (including phenoxy) is 1. The van der Waals surface area contributed by atoms with Crippen LogP contribution in [0.3, 0.4) is 0 Å². The van der Waals surface area contributed by atoms with Gasteiger partial charge in [-0.2, -0.15) is 0 Å². The van der Waals surface area contributed by atoms with Crippen molar-refractivity contribution in [3.8, 4) is 5.75 Å². The molecule has 0 aromatic heterocycles. The van der Waals surface area contributed by atoms with E-state index in [4.69, 9.17) is 4.74 Å². The molecule has 106 valence electrons. The van der Waals surface area contributed by atoms with Crippen molar-refractivity contribution in [2.24, 2.45) is 0 Å².